The van der Waals surface area contributed by atoms with Gasteiger partial charge in [0.15, 0.2) is 11.5 Å². The molecular weight excluding hydrogens is 484 g/mol. The number of hydrogen-bond acceptors (Lipinski definition) is 10. The Bertz CT molecular complexity index is 1400. The maximum Gasteiger partial charge on any atom is 0.446 e. The van der Waals surface area contributed by atoms with Gasteiger partial charge in [-0.15, -0.1) is 0 Å². The van der Waals surface area contributed by atoms with Crippen LogP contribution in [0.3, 0.4) is 0 Å². The molecule has 0 fully saturated rings. The van der Waals surface area contributed by atoms with E-state index in [1.54, 1.807) is 6.92 Å². The van der Waals surface area contributed by atoms with Crippen molar-refractivity contribution in [3.05, 3.63) is 53.3 Å². The van der Waals surface area contributed by atoms with E-state index in [2.05, 4.69) is 8.37 Å². The summed E-state index contributed by atoms with van der Waals surface area (Å²) in [6.45, 7) is 2.99. The summed E-state index contributed by atoms with van der Waals surface area (Å²) in [7, 11) is -9.69. The Morgan fingerprint density at radius 3 is 2.33 bits per heavy atom. The normalized spacial score (nSPS) is 11.9. The van der Waals surface area contributed by atoms with E-state index in [0.29, 0.717) is 5.56 Å². The van der Waals surface area contributed by atoms with Gasteiger partial charge in [0.25, 0.3) is 0 Å². The average Bonchev–Trinajstić information content (AvgIpc) is 2.98. The van der Waals surface area contributed by atoms with E-state index in [9.17, 15) is 21.6 Å². The highest BCUT2D eigenvalue weighted by Gasteiger charge is 2.24. The highest BCUT2D eigenvalue weighted by atomic mass is 32.3. The van der Waals surface area contributed by atoms with Gasteiger partial charge in [0.2, 0.25) is 0 Å². The number of furan rings is 1. The van der Waals surface area contributed by atoms with Crippen LogP contribution in [-0.4, -0.2) is 38.5 Å². The third-order valence-corrected chi connectivity index (χ3v) is 4.89. The van der Waals surface area contributed by atoms with Crippen molar-refractivity contribution in [2.45, 2.75) is 20.5 Å². The number of hydrogen-bond donors (Lipinski definition) is 2. The molecule has 14 heteroatoms. The zero-order valence-corrected chi connectivity index (χ0v) is 18.8. The third-order valence-electron chi connectivity index (χ3n) is 4.10. The smallest absolute Gasteiger partial charge is 0.446 e. The van der Waals surface area contributed by atoms with Gasteiger partial charge in [-0.2, -0.15) is 16.8 Å². The molecule has 0 amide bonds. The molecule has 12 nitrogen and oxygen atoms in total. The molecule has 3 rings (SSSR count). The molecule has 33 heavy (non-hydrogen) atoms. The maximum atomic E-state index is 12.3. The van der Waals surface area contributed by atoms with Crippen LogP contribution < -0.4 is 13.1 Å². The van der Waals surface area contributed by atoms with Crippen LogP contribution >= 0.6 is 0 Å². The van der Waals surface area contributed by atoms with Crippen molar-refractivity contribution in [2.24, 2.45) is 0 Å². The first-order valence-electron chi connectivity index (χ1n) is 9.16. The minimum Gasteiger partial charge on any atom is -0.485 e. The molecule has 2 N–H and O–H groups in total. The maximum absolute atomic E-state index is 12.3. The summed E-state index contributed by atoms with van der Waals surface area (Å²) in [6.07, 6.45) is 0. The molecule has 0 aliphatic rings. The standard InChI is InChI=1S/C19H18O12S2/c1-3-27-19(20)18-11(2)29-15-9-16(17(8-14(15)18)31-33(24,25)26)28-10-12-5-4-6-13(7-12)30-32(21,22)23/h4-9H,3,10H2,1-2H3,(H,21,22,23)(H,24,25,26). The molecule has 0 radical (unpaired) electrons. The second kappa shape index (κ2) is 9.27. The summed E-state index contributed by atoms with van der Waals surface area (Å²) in [6, 6.07) is 7.89. The molecule has 178 valence electrons. The molecule has 1 aromatic heterocycles. The van der Waals surface area contributed by atoms with E-state index in [0.717, 1.165) is 6.07 Å². The minimum absolute atomic E-state index is 0.0497. The molecule has 0 saturated heterocycles. The number of carbonyl (C=O) groups excluding carboxylic acids is 1. The molecule has 0 bridgehead atoms. The molecule has 0 atom stereocenters. The van der Waals surface area contributed by atoms with E-state index in [1.807, 2.05) is 0 Å². The Labute approximate surface area is 188 Å². The quantitative estimate of drug-likeness (QED) is 0.324. The number of esters is 1. The second-order valence-corrected chi connectivity index (χ2v) is 8.55. The number of fused-ring (bicyclic) bond motifs is 1. The number of benzene rings is 2. The number of aryl methyl sites for hydroxylation is 1. The van der Waals surface area contributed by atoms with Crippen LogP contribution in [0.1, 0.15) is 28.6 Å². The van der Waals surface area contributed by atoms with Crippen molar-refractivity contribution in [2.75, 3.05) is 6.61 Å². The number of rotatable bonds is 9. The van der Waals surface area contributed by atoms with Gasteiger partial charge in [-0.25, -0.2) is 4.79 Å². The largest absolute Gasteiger partial charge is 0.485 e. The van der Waals surface area contributed by atoms with Gasteiger partial charge < -0.3 is 22.3 Å². The first-order valence-corrected chi connectivity index (χ1v) is 11.9. The molecular formula is C19H18O12S2. The van der Waals surface area contributed by atoms with Crippen LogP contribution in [-0.2, 0) is 32.1 Å². The zero-order chi connectivity index (χ0) is 24.4. The molecule has 1 heterocycles. The monoisotopic (exact) mass is 502 g/mol. The average molecular weight is 502 g/mol. The van der Waals surface area contributed by atoms with Crippen LogP contribution in [0.15, 0.2) is 40.8 Å². The van der Waals surface area contributed by atoms with Crippen molar-refractivity contribution in [1.29, 1.82) is 0 Å². The Balaban J connectivity index is 1.99. The zero-order valence-electron chi connectivity index (χ0n) is 17.2. The molecule has 2 aromatic carbocycles. The second-order valence-electron chi connectivity index (χ2n) is 6.51. The Morgan fingerprint density at radius 1 is 1.00 bits per heavy atom. The van der Waals surface area contributed by atoms with Gasteiger partial charge >= 0.3 is 26.8 Å². The summed E-state index contributed by atoms with van der Waals surface area (Å²) < 4.78 is 87.4. The summed E-state index contributed by atoms with van der Waals surface area (Å²) in [4.78, 5) is 12.3. The highest BCUT2D eigenvalue weighted by molar-refractivity contribution is 7.81. The predicted molar refractivity (Wildman–Crippen MR) is 112 cm³/mol. The lowest BCUT2D eigenvalue weighted by atomic mass is 10.1. The number of carbonyl (C=O) groups is 1. The summed E-state index contributed by atoms with van der Waals surface area (Å²) in [5, 5.41) is 0.167. The van der Waals surface area contributed by atoms with E-state index in [4.69, 9.17) is 23.0 Å². The van der Waals surface area contributed by atoms with E-state index < -0.39 is 32.5 Å². The van der Waals surface area contributed by atoms with Gasteiger partial charge in [-0.05, 0) is 37.6 Å². The van der Waals surface area contributed by atoms with Crippen LogP contribution in [0.5, 0.6) is 17.2 Å². The molecule has 0 saturated carbocycles. The highest BCUT2D eigenvalue weighted by Crippen LogP contribution is 2.38. The van der Waals surface area contributed by atoms with Crippen molar-refractivity contribution >= 4 is 37.7 Å². The first-order chi connectivity index (χ1) is 15.4. The Morgan fingerprint density at radius 2 is 1.70 bits per heavy atom. The SMILES string of the molecule is CCOC(=O)c1c(C)oc2cc(OCc3cccc(OS(=O)(=O)O)c3)c(OS(=O)(=O)O)cc12. The topological polar surface area (TPSA) is 176 Å². The lowest BCUT2D eigenvalue weighted by Gasteiger charge is -2.12. The van der Waals surface area contributed by atoms with Crippen LogP contribution in [0.2, 0.25) is 0 Å². The van der Waals surface area contributed by atoms with Crippen molar-refractivity contribution < 1.29 is 53.0 Å². The first kappa shape index (κ1) is 24.3. The van der Waals surface area contributed by atoms with Gasteiger partial charge in [0, 0.05) is 11.5 Å². The van der Waals surface area contributed by atoms with Gasteiger partial charge in [0.1, 0.15) is 29.3 Å². The van der Waals surface area contributed by atoms with Crippen molar-refractivity contribution in [1.82, 2.24) is 0 Å². The molecule has 0 unspecified atom stereocenters. The summed E-state index contributed by atoms with van der Waals surface area (Å²) in [5.74, 6) is -1.30. The fraction of sp³-hybridized carbons (Fsp3) is 0.211. The van der Waals surface area contributed by atoms with E-state index >= 15 is 0 Å². The molecule has 0 aliphatic heterocycles. The van der Waals surface area contributed by atoms with E-state index in [1.165, 1.54) is 37.3 Å². The van der Waals surface area contributed by atoms with Crippen LogP contribution in [0.4, 0.5) is 0 Å². The van der Waals surface area contributed by atoms with Crippen LogP contribution in [0.25, 0.3) is 11.0 Å². The van der Waals surface area contributed by atoms with Crippen molar-refractivity contribution in [3.63, 3.8) is 0 Å². The van der Waals surface area contributed by atoms with Gasteiger partial charge in [0.05, 0.1) is 6.61 Å². The van der Waals surface area contributed by atoms with Gasteiger partial charge in [-0.1, -0.05) is 12.1 Å². The Kier molecular flexibility index (Phi) is 6.83. The molecule has 0 spiro atoms. The molecule has 3 aromatic rings. The molecule has 0 aliphatic carbocycles. The summed E-state index contributed by atoms with van der Waals surface area (Å²) in [5.41, 5.74) is 0.572. The predicted octanol–water partition coefficient (Wildman–Crippen LogP) is 2.86. The van der Waals surface area contributed by atoms with Crippen LogP contribution in [0, 0.1) is 6.92 Å². The lowest BCUT2D eigenvalue weighted by molar-refractivity contribution is 0.0526. The third kappa shape index (κ3) is 6.35. The Hall–Kier alpha value is -3.33. The fourth-order valence-electron chi connectivity index (χ4n) is 2.94. The lowest BCUT2D eigenvalue weighted by Crippen LogP contribution is -2.09. The summed E-state index contributed by atoms with van der Waals surface area (Å²) >= 11 is 0. The minimum atomic E-state index is -4.96. The van der Waals surface area contributed by atoms with Gasteiger partial charge in [-0.3, -0.25) is 9.11 Å². The fourth-order valence-corrected chi connectivity index (χ4v) is 3.65. The van der Waals surface area contributed by atoms with E-state index in [-0.39, 0.29) is 47.0 Å². The van der Waals surface area contributed by atoms with Crippen molar-refractivity contribution in [3.8, 4) is 17.2 Å². The number of ether oxygens (including phenoxy) is 2.